The second-order valence-electron chi connectivity index (χ2n) is 4.15. The third-order valence-electron chi connectivity index (χ3n) is 3.11. The van der Waals surface area contributed by atoms with Crippen LogP contribution >= 0.6 is 0 Å². The van der Waals surface area contributed by atoms with Crippen molar-refractivity contribution in [1.82, 2.24) is 10.3 Å². The van der Waals surface area contributed by atoms with Crippen LogP contribution in [0.1, 0.15) is 17.4 Å². The molecule has 2 aromatic heterocycles. The molecule has 0 bridgehead atoms. The molecule has 0 spiro atoms. The molecular formula is C15H14N2O. The Bertz CT molecular complexity index is 641. The molecule has 0 aliphatic carbocycles. The lowest BCUT2D eigenvalue weighted by atomic mass is 9.99. The average molecular weight is 238 g/mol. The topological polar surface area (TPSA) is 38.1 Å². The molecule has 3 nitrogen and oxygen atoms in total. The van der Waals surface area contributed by atoms with Crippen LogP contribution in [0.3, 0.4) is 0 Å². The van der Waals surface area contributed by atoms with E-state index in [0.717, 1.165) is 16.7 Å². The van der Waals surface area contributed by atoms with E-state index < -0.39 is 0 Å². The first kappa shape index (κ1) is 11.0. The first-order valence-electron chi connectivity index (χ1n) is 5.94. The molecule has 3 rings (SSSR count). The number of nitrogens with one attached hydrogen (secondary N) is 1. The van der Waals surface area contributed by atoms with Gasteiger partial charge in [0.2, 0.25) is 0 Å². The second-order valence-corrected chi connectivity index (χ2v) is 4.15. The maximum absolute atomic E-state index is 5.51. The minimum Gasteiger partial charge on any atom is -0.467 e. The fourth-order valence-corrected chi connectivity index (χ4v) is 2.29. The van der Waals surface area contributed by atoms with Crippen LogP contribution < -0.4 is 5.32 Å². The summed E-state index contributed by atoms with van der Waals surface area (Å²) >= 11 is 0. The van der Waals surface area contributed by atoms with Crippen LogP contribution in [0, 0.1) is 0 Å². The van der Waals surface area contributed by atoms with Crippen molar-refractivity contribution in [2.45, 2.75) is 6.04 Å². The summed E-state index contributed by atoms with van der Waals surface area (Å²) in [6.07, 6.45) is 3.51. The monoisotopic (exact) mass is 238 g/mol. The van der Waals surface area contributed by atoms with E-state index in [1.165, 1.54) is 5.56 Å². The Hall–Kier alpha value is -2.13. The summed E-state index contributed by atoms with van der Waals surface area (Å²) in [5.74, 6) is 0.911. The molecule has 0 saturated carbocycles. The summed E-state index contributed by atoms with van der Waals surface area (Å²) in [6.45, 7) is 0. The lowest BCUT2D eigenvalue weighted by Gasteiger charge is -2.16. The second kappa shape index (κ2) is 4.63. The van der Waals surface area contributed by atoms with Crippen LogP contribution in [0.15, 0.2) is 59.3 Å². The minimum absolute atomic E-state index is 0.0490. The molecule has 0 aliphatic rings. The quantitative estimate of drug-likeness (QED) is 0.761. The fraction of sp³-hybridized carbons (Fsp3) is 0.133. The van der Waals surface area contributed by atoms with Crippen LogP contribution in [0.25, 0.3) is 10.9 Å². The molecule has 1 atom stereocenters. The molecule has 18 heavy (non-hydrogen) atoms. The number of fused-ring (bicyclic) bond motifs is 1. The summed E-state index contributed by atoms with van der Waals surface area (Å²) in [7, 11) is 1.93. The standard InChI is InChI=1S/C15H14N2O/c1-16-15(14-8-4-10-18-14)12-5-2-7-13-11(12)6-3-9-17-13/h2-10,15-16H,1H3. The number of pyridine rings is 1. The van der Waals surface area contributed by atoms with E-state index in [9.17, 15) is 0 Å². The first-order valence-corrected chi connectivity index (χ1v) is 5.94. The van der Waals surface area contributed by atoms with E-state index in [-0.39, 0.29) is 6.04 Å². The maximum atomic E-state index is 5.51. The van der Waals surface area contributed by atoms with Gasteiger partial charge in [0.05, 0.1) is 17.8 Å². The molecule has 0 fully saturated rings. The number of aromatic nitrogens is 1. The molecule has 2 heterocycles. The van der Waals surface area contributed by atoms with Gasteiger partial charge in [0.1, 0.15) is 5.76 Å². The Kier molecular flexibility index (Phi) is 2.82. The molecule has 0 amide bonds. The van der Waals surface area contributed by atoms with Crippen LogP contribution in [-0.2, 0) is 0 Å². The molecule has 90 valence electrons. The zero-order chi connectivity index (χ0) is 12.4. The van der Waals surface area contributed by atoms with Crippen molar-refractivity contribution in [3.63, 3.8) is 0 Å². The number of nitrogens with zero attached hydrogens (tertiary/aromatic N) is 1. The summed E-state index contributed by atoms with van der Waals surface area (Å²) in [5.41, 5.74) is 2.18. The SMILES string of the molecule is CNC(c1ccco1)c1cccc2ncccc12. The highest BCUT2D eigenvalue weighted by Gasteiger charge is 2.16. The number of hydrogen-bond donors (Lipinski definition) is 1. The van der Waals surface area contributed by atoms with Gasteiger partial charge in [0.25, 0.3) is 0 Å². The zero-order valence-corrected chi connectivity index (χ0v) is 10.1. The van der Waals surface area contributed by atoms with Gasteiger partial charge in [0, 0.05) is 11.6 Å². The number of benzene rings is 1. The average Bonchev–Trinajstić information content (AvgIpc) is 2.94. The Morgan fingerprint density at radius 1 is 1.11 bits per heavy atom. The molecule has 0 radical (unpaired) electrons. The van der Waals surface area contributed by atoms with Crippen molar-refractivity contribution in [1.29, 1.82) is 0 Å². The van der Waals surface area contributed by atoms with Gasteiger partial charge in [0.15, 0.2) is 0 Å². The highest BCUT2D eigenvalue weighted by atomic mass is 16.3. The van der Waals surface area contributed by atoms with E-state index in [1.54, 1.807) is 6.26 Å². The predicted molar refractivity (Wildman–Crippen MR) is 71.4 cm³/mol. The minimum atomic E-state index is 0.0490. The van der Waals surface area contributed by atoms with Crippen molar-refractivity contribution in [3.05, 3.63) is 66.2 Å². The highest BCUT2D eigenvalue weighted by molar-refractivity contribution is 5.82. The number of rotatable bonds is 3. The third kappa shape index (κ3) is 1.79. The lowest BCUT2D eigenvalue weighted by molar-refractivity contribution is 0.464. The van der Waals surface area contributed by atoms with Gasteiger partial charge in [-0.15, -0.1) is 0 Å². The predicted octanol–water partition coefficient (Wildman–Crippen LogP) is 3.14. The van der Waals surface area contributed by atoms with Gasteiger partial charge in [-0.2, -0.15) is 0 Å². The number of furan rings is 1. The molecule has 3 heteroatoms. The van der Waals surface area contributed by atoms with E-state index in [4.69, 9.17) is 4.42 Å². The van der Waals surface area contributed by atoms with Crippen molar-refractivity contribution < 1.29 is 4.42 Å². The maximum Gasteiger partial charge on any atom is 0.125 e. The van der Waals surface area contributed by atoms with E-state index in [1.807, 2.05) is 43.6 Å². The molecular weight excluding hydrogens is 224 g/mol. The van der Waals surface area contributed by atoms with Crippen LogP contribution in [0.5, 0.6) is 0 Å². The third-order valence-corrected chi connectivity index (χ3v) is 3.11. The molecule has 0 aliphatic heterocycles. The van der Waals surface area contributed by atoms with Crippen molar-refractivity contribution in [2.75, 3.05) is 7.05 Å². The summed E-state index contributed by atoms with van der Waals surface area (Å²) in [5, 5.41) is 4.44. The Morgan fingerprint density at radius 3 is 2.83 bits per heavy atom. The normalized spacial score (nSPS) is 12.7. The molecule has 1 aromatic carbocycles. The van der Waals surface area contributed by atoms with E-state index in [2.05, 4.69) is 22.4 Å². The van der Waals surface area contributed by atoms with Crippen LogP contribution in [-0.4, -0.2) is 12.0 Å². The number of hydrogen-bond acceptors (Lipinski definition) is 3. The Labute approximate surface area is 105 Å². The molecule has 1 N–H and O–H groups in total. The molecule has 3 aromatic rings. The summed E-state index contributed by atoms with van der Waals surface area (Å²) < 4.78 is 5.51. The summed E-state index contributed by atoms with van der Waals surface area (Å²) in [4.78, 5) is 4.38. The van der Waals surface area contributed by atoms with E-state index >= 15 is 0 Å². The Morgan fingerprint density at radius 2 is 2.06 bits per heavy atom. The van der Waals surface area contributed by atoms with Crippen molar-refractivity contribution >= 4 is 10.9 Å². The molecule has 0 saturated heterocycles. The van der Waals surface area contributed by atoms with E-state index in [0.29, 0.717) is 0 Å². The van der Waals surface area contributed by atoms with Gasteiger partial charge in [-0.25, -0.2) is 0 Å². The smallest absolute Gasteiger partial charge is 0.125 e. The van der Waals surface area contributed by atoms with Gasteiger partial charge >= 0.3 is 0 Å². The Balaban J connectivity index is 2.18. The highest BCUT2D eigenvalue weighted by Crippen LogP contribution is 2.27. The van der Waals surface area contributed by atoms with Crippen molar-refractivity contribution in [3.8, 4) is 0 Å². The van der Waals surface area contributed by atoms with Crippen LogP contribution in [0.4, 0.5) is 0 Å². The van der Waals surface area contributed by atoms with Gasteiger partial charge in [-0.05, 0) is 36.9 Å². The zero-order valence-electron chi connectivity index (χ0n) is 10.1. The fourth-order valence-electron chi connectivity index (χ4n) is 2.29. The van der Waals surface area contributed by atoms with Gasteiger partial charge < -0.3 is 9.73 Å². The first-order chi connectivity index (χ1) is 8.90. The lowest BCUT2D eigenvalue weighted by Crippen LogP contribution is -2.17. The van der Waals surface area contributed by atoms with Crippen molar-refractivity contribution in [2.24, 2.45) is 0 Å². The molecule has 1 unspecified atom stereocenters. The van der Waals surface area contributed by atoms with Crippen LogP contribution in [0.2, 0.25) is 0 Å². The van der Waals surface area contributed by atoms with Gasteiger partial charge in [-0.1, -0.05) is 18.2 Å². The van der Waals surface area contributed by atoms with Gasteiger partial charge in [-0.3, -0.25) is 4.98 Å². The largest absolute Gasteiger partial charge is 0.467 e. The summed E-state index contributed by atoms with van der Waals surface area (Å²) in [6, 6.07) is 14.1.